The number of thioether (sulfide) groups is 1. The molecule has 0 radical (unpaired) electrons. The van der Waals surface area contributed by atoms with E-state index in [0.29, 0.717) is 53.8 Å². The zero-order valence-electron chi connectivity index (χ0n) is 18.3. The van der Waals surface area contributed by atoms with Crippen LogP contribution >= 0.6 is 11.8 Å². The summed E-state index contributed by atoms with van der Waals surface area (Å²) in [5.41, 5.74) is 8.87. The van der Waals surface area contributed by atoms with Gasteiger partial charge in [0.2, 0.25) is 0 Å². The van der Waals surface area contributed by atoms with E-state index in [0.717, 1.165) is 32.7 Å². The number of nitrogens with two attached hydrogens (primary N) is 1. The number of hydrogen-bond acceptors (Lipinski definition) is 9. The van der Waals surface area contributed by atoms with E-state index in [1.54, 1.807) is 29.3 Å². The first kappa shape index (κ1) is 20.3. The summed E-state index contributed by atoms with van der Waals surface area (Å²) in [5, 5.41) is 12.0. The monoisotopic (exact) mass is 479 g/mol. The number of pyridine rings is 2. The third kappa shape index (κ3) is 2.40. The molecule has 2 atom stereocenters. The Morgan fingerprint density at radius 1 is 1.24 bits per heavy atom. The molecule has 3 N–H and O–H groups in total. The molecule has 2 aromatic heterocycles. The second-order valence-electron chi connectivity index (χ2n) is 9.00. The van der Waals surface area contributed by atoms with Gasteiger partial charge in [-0.25, -0.2) is 9.78 Å². The molecule has 10 heteroatoms. The lowest BCUT2D eigenvalue weighted by Gasteiger charge is -2.31. The van der Waals surface area contributed by atoms with E-state index in [4.69, 9.17) is 24.9 Å². The quantitative estimate of drug-likeness (QED) is 0.394. The standard InChI is InChI=1S/C24H21N3O6S/c1-2-24(30)12-5-15-19-10(7-27(15)22(28)11(12)8-33-23(24)29)17-13(25)9-34-21-18(17)14(26-19)6-16-20(21)32-4-3-31-16/h5-6,13,30H,2-4,7-9,25H2,1H3/t13-,24-/m0/s1. The second kappa shape index (κ2) is 6.74. The Kier molecular flexibility index (Phi) is 4.03. The van der Waals surface area contributed by atoms with Crippen LogP contribution in [0.4, 0.5) is 0 Å². The Morgan fingerprint density at radius 3 is 2.88 bits per heavy atom. The smallest absolute Gasteiger partial charge is 0.343 e. The molecular formula is C24H21N3O6S. The first-order valence-electron chi connectivity index (χ1n) is 11.3. The molecule has 174 valence electrons. The summed E-state index contributed by atoms with van der Waals surface area (Å²) in [7, 11) is 0. The van der Waals surface area contributed by atoms with E-state index >= 15 is 0 Å². The van der Waals surface area contributed by atoms with Crippen molar-refractivity contribution in [2.24, 2.45) is 5.73 Å². The maximum atomic E-state index is 13.5. The number of aromatic nitrogens is 2. The summed E-state index contributed by atoms with van der Waals surface area (Å²) in [6.45, 7) is 2.81. The normalized spacial score (nSPS) is 23.9. The van der Waals surface area contributed by atoms with E-state index in [-0.39, 0.29) is 24.6 Å². The molecule has 0 spiro atoms. The van der Waals surface area contributed by atoms with Gasteiger partial charge in [0, 0.05) is 34.4 Å². The number of esters is 1. The number of cyclic esters (lactones) is 1. The molecule has 0 aliphatic carbocycles. The molecule has 7 rings (SSSR count). The topological polar surface area (TPSA) is 126 Å². The third-order valence-electron chi connectivity index (χ3n) is 7.26. The van der Waals surface area contributed by atoms with Crippen LogP contribution in [0, 0.1) is 0 Å². The van der Waals surface area contributed by atoms with Crippen molar-refractivity contribution in [1.29, 1.82) is 0 Å². The molecular weight excluding hydrogens is 458 g/mol. The van der Waals surface area contributed by atoms with E-state index in [1.165, 1.54) is 0 Å². The van der Waals surface area contributed by atoms with Gasteiger partial charge in [-0.2, -0.15) is 0 Å². The van der Waals surface area contributed by atoms with E-state index in [9.17, 15) is 14.7 Å². The highest BCUT2D eigenvalue weighted by molar-refractivity contribution is 7.99. The first-order valence-corrected chi connectivity index (χ1v) is 12.3. The molecule has 6 heterocycles. The van der Waals surface area contributed by atoms with Gasteiger partial charge in [-0.05, 0) is 18.1 Å². The Bertz CT molecular complexity index is 1520. The predicted octanol–water partition coefficient (Wildman–Crippen LogP) is 1.96. The van der Waals surface area contributed by atoms with Gasteiger partial charge in [-0.3, -0.25) is 4.79 Å². The van der Waals surface area contributed by atoms with Gasteiger partial charge in [-0.1, -0.05) is 6.92 Å². The van der Waals surface area contributed by atoms with E-state index in [1.807, 2.05) is 6.07 Å². The lowest BCUT2D eigenvalue weighted by molar-refractivity contribution is -0.172. The van der Waals surface area contributed by atoms with Crippen molar-refractivity contribution in [2.45, 2.75) is 43.0 Å². The molecule has 0 saturated carbocycles. The third-order valence-corrected chi connectivity index (χ3v) is 8.46. The van der Waals surface area contributed by atoms with Crippen LogP contribution in [0.3, 0.4) is 0 Å². The second-order valence-corrected chi connectivity index (χ2v) is 10.0. The average molecular weight is 480 g/mol. The Morgan fingerprint density at radius 2 is 2.06 bits per heavy atom. The summed E-state index contributed by atoms with van der Waals surface area (Å²) in [6, 6.07) is 3.35. The van der Waals surface area contributed by atoms with Gasteiger partial charge < -0.3 is 29.6 Å². The minimum atomic E-state index is -1.86. The lowest BCUT2D eigenvalue weighted by Crippen LogP contribution is -2.44. The van der Waals surface area contributed by atoms with Crippen LogP contribution in [0.15, 0.2) is 21.8 Å². The molecule has 4 aliphatic heterocycles. The summed E-state index contributed by atoms with van der Waals surface area (Å²) in [6.07, 6.45) is 0.0971. The maximum Gasteiger partial charge on any atom is 0.343 e. The highest BCUT2D eigenvalue weighted by Crippen LogP contribution is 2.52. The molecule has 34 heavy (non-hydrogen) atoms. The summed E-state index contributed by atoms with van der Waals surface area (Å²) in [5.74, 6) is 1.31. The number of fused-ring (bicyclic) bond motifs is 7. The van der Waals surface area contributed by atoms with E-state index < -0.39 is 11.6 Å². The van der Waals surface area contributed by atoms with Crippen molar-refractivity contribution in [3.63, 3.8) is 0 Å². The van der Waals surface area contributed by atoms with Crippen LogP contribution < -0.4 is 20.8 Å². The van der Waals surface area contributed by atoms with Gasteiger partial charge in [0.15, 0.2) is 17.1 Å². The Labute approximate surface area is 197 Å². The van der Waals surface area contributed by atoms with Crippen molar-refractivity contribution < 1.29 is 24.1 Å². The fourth-order valence-electron chi connectivity index (χ4n) is 5.54. The van der Waals surface area contributed by atoms with Crippen LogP contribution in [-0.2, 0) is 28.3 Å². The lowest BCUT2D eigenvalue weighted by atomic mass is 9.86. The molecule has 0 fully saturated rings. The number of carbonyl (C=O) groups is 1. The van der Waals surface area contributed by atoms with Crippen molar-refractivity contribution in [2.75, 3.05) is 19.0 Å². The fourth-order valence-corrected chi connectivity index (χ4v) is 6.71. The zero-order chi connectivity index (χ0) is 23.4. The number of rotatable bonds is 1. The summed E-state index contributed by atoms with van der Waals surface area (Å²) >= 11 is 1.63. The number of aliphatic hydroxyl groups is 1. The molecule has 0 saturated heterocycles. The summed E-state index contributed by atoms with van der Waals surface area (Å²) in [4.78, 5) is 31.9. The molecule has 0 amide bonds. The first-order chi connectivity index (χ1) is 16.4. The zero-order valence-corrected chi connectivity index (χ0v) is 19.2. The predicted molar refractivity (Wildman–Crippen MR) is 123 cm³/mol. The molecule has 1 aromatic carbocycles. The highest BCUT2D eigenvalue weighted by Gasteiger charge is 2.46. The van der Waals surface area contributed by atoms with Crippen LogP contribution in [0.2, 0.25) is 0 Å². The minimum absolute atomic E-state index is 0.0971. The number of benzene rings is 1. The van der Waals surface area contributed by atoms with Crippen molar-refractivity contribution in [3.05, 3.63) is 44.7 Å². The largest absolute Gasteiger partial charge is 0.486 e. The van der Waals surface area contributed by atoms with Crippen LogP contribution in [0.1, 0.15) is 41.6 Å². The van der Waals surface area contributed by atoms with Gasteiger partial charge in [0.25, 0.3) is 5.56 Å². The summed E-state index contributed by atoms with van der Waals surface area (Å²) < 4.78 is 18.6. The number of ether oxygens (including phenoxy) is 3. The molecule has 0 unspecified atom stereocenters. The van der Waals surface area contributed by atoms with E-state index in [2.05, 4.69) is 0 Å². The van der Waals surface area contributed by atoms with Crippen molar-refractivity contribution in [1.82, 2.24) is 9.55 Å². The van der Waals surface area contributed by atoms with Crippen LogP contribution in [0.25, 0.3) is 22.3 Å². The Hall–Kier alpha value is -3.08. The van der Waals surface area contributed by atoms with Crippen LogP contribution in [0.5, 0.6) is 11.5 Å². The molecule has 4 aliphatic rings. The average Bonchev–Trinajstić information content (AvgIpc) is 3.21. The highest BCUT2D eigenvalue weighted by atomic mass is 32.2. The minimum Gasteiger partial charge on any atom is -0.486 e. The fraction of sp³-hybridized carbons (Fsp3) is 0.375. The Balaban J connectivity index is 1.55. The number of nitrogens with zero attached hydrogens (tertiary/aromatic N) is 2. The number of hydrogen-bond donors (Lipinski definition) is 2. The van der Waals surface area contributed by atoms with Gasteiger partial charge in [0.05, 0.1) is 33.9 Å². The maximum absolute atomic E-state index is 13.5. The van der Waals surface area contributed by atoms with Crippen molar-refractivity contribution in [3.8, 4) is 22.9 Å². The molecule has 9 nitrogen and oxygen atoms in total. The SMILES string of the molecule is CC[C@@]1(O)C(=O)OCc2c1cc1n(c2=O)Cc2c-1nc1cc3c(c4c1c2[C@@H](N)CS4)OCCO3. The molecule has 3 aromatic rings. The van der Waals surface area contributed by atoms with Gasteiger partial charge >= 0.3 is 5.97 Å². The van der Waals surface area contributed by atoms with Crippen LogP contribution in [-0.4, -0.2) is 39.6 Å². The molecule has 0 bridgehead atoms. The van der Waals surface area contributed by atoms with Gasteiger partial charge in [0.1, 0.15) is 19.8 Å². The van der Waals surface area contributed by atoms with Gasteiger partial charge in [-0.15, -0.1) is 11.8 Å². The number of carbonyl (C=O) groups excluding carboxylic acids is 1. The van der Waals surface area contributed by atoms with Crippen molar-refractivity contribution >= 4 is 28.6 Å².